The second-order valence-electron chi connectivity index (χ2n) is 5.95. The largest absolute Gasteiger partial charge is 0.334 e. The first-order valence-corrected chi connectivity index (χ1v) is 8.72. The number of likely N-dealkylation sites (tertiary alicyclic amines) is 1. The van der Waals surface area contributed by atoms with Gasteiger partial charge < -0.3 is 10.2 Å². The molecule has 0 bridgehead atoms. The van der Waals surface area contributed by atoms with Gasteiger partial charge in [-0.15, -0.1) is 0 Å². The van der Waals surface area contributed by atoms with E-state index < -0.39 is 0 Å². The minimum absolute atomic E-state index is 0.0110. The molecule has 1 saturated heterocycles. The minimum atomic E-state index is -0.0110. The molecule has 1 aromatic carbocycles. The Balaban J connectivity index is 1.76. The van der Waals surface area contributed by atoms with E-state index in [1.54, 1.807) is 24.4 Å². The average Bonchev–Trinajstić information content (AvgIpc) is 2.63. The fourth-order valence-corrected chi connectivity index (χ4v) is 3.17. The number of halogens is 1. The lowest BCUT2D eigenvalue weighted by Gasteiger charge is -2.35. The zero-order valence-electron chi connectivity index (χ0n) is 13.7. The predicted molar refractivity (Wildman–Crippen MR) is 95.7 cm³/mol. The van der Waals surface area contributed by atoms with Gasteiger partial charge in [-0.05, 0) is 56.0 Å². The minimum Gasteiger partial charge on any atom is -0.334 e. The molecule has 126 valence electrons. The van der Waals surface area contributed by atoms with Crippen LogP contribution >= 0.6 is 11.6 Å². The summed E-state index contributed by atoms with van der Waals surface area (Å²) in [7, 11) is 0. The molecule has 1 aliphatic rings. The lowest BCUT2D eigenvalue weighted by molar-refractivity contribution is 0.0602. The summed E-state index contributed by atoms with van der Waals surface area (Å²) < 4.78 is 0. The van der Waals surface area contributed by atoms with Gasteiger partial charge >= 0.3 is 0 Å². The Hall–Kier alpha value is -2.14. The van der Waals surface area contributed by atoms with Gasteiger partial charge in [-0.2, -0.15) is 0 Å². The van der Waals surface area contributed by atoms with E-state index in [9.17, 15) is 4.79 Å². The summed E-state index contributed by atoms with van der Waals surface area (Å²) >= 11 is 5.89. The number of amides is 1. The predicted octanol–water partition coefficient (Wildman–Crippen LogP) is 4.28. The second kappa shape index (κ2) is 7.62. The van der Waals surface area contributed by atoms with Crippen LogP contribution < -0.4 is 5.32 Å². The fourth-order valence-electron chi connectivity index (χ4n) is 3.04. The van der Waals surface area contributed by atoms with Gasteiger partial charge in [0.1, 0.15) is 5.69 Å². The lowest BCUT2D eigenvalue weighted by atomic mass is 9.99. The number of carbonyl (C=O) groups excluding carboxylic acids is 1. The quantitative estimate of drug-likeness (QED) is 0.899. The van der Waals surface area contributed by atoms with E-state index in [0.29, 0.717) is 22.7 Å². The summed E-state index contributed by atoms with van der Waals surface area (Å²) in [5.74, 6) is 0.399. The normalized spacial score (nSPS) is 17.6. The Morgan fingerprint density at radius 3 is 2.83 bits per heavy atom. The number of hydrogen-bond acceptors (Lipinski definition) is 4. The van der Waals surface area contributed by atoms with Crippen molar-refractivity contribution in [3.05, 3.63) is 47.2 Å². The van der Waals surface area contributed by atoms with E-state index in [1.807, 2.05) is 17.0 Å². The summed E-state index contributed by atoms with van der Waals surface area (Å²) in [5, 5.41) is 3.77. The van der Waals surface area contributed by atoms with Crippen molar-refractivity contribution in [2.75, 3.05) is 11.9 Å². The number of aromatic nitrogens is 2. The summed E-state index contributed by atoms with van der Waals surface area (Å²) in [4.78, 5) is 23.4. The number of carbonyl (C=O) groups is 1. The molecule has 2 heterocycles. The van der Waals surface area contributed by atoms with Gasteiger partial charge in [0.15, 0.2) is 0 Å². The summed E-state index contributed by atoms with van der Waals surface area (Å²) in [6.45, 7) is 2.94. The molecular weight excluding hydrogens is 324 g/mol. The maximum Gasteiger partial charge on any atom is 0.272 e. The number of nitrogens with one attached hydrogen (secondary N) is 1. The third-order valence-electron chi connectivity index (χ3n) is 4.33. The van der Waals surface area contributed by atoms with Crippen LogP contribution in [-0.2, 0) is 0 Å². The standard InChI is InChI=1S/C18H21ClN4O/c1-2-15-5-3-4-12-23(15)17(24)16-10-11-20-18(22-16)21-14-8-6-13(19)7-9-14/h6-11,15H,2-5,12H2,1H3,(H,20,21,22). The van der Waals surface area contributed by atoms with E-state index >= 15 is 0 Å². The highest BCUT2D eigenvalue weighted by Crippen LogP contribution is 2.22. The molecule has 0 saturated carbocycles. The van der Waals surface area contributed by atoms with Gasteiger partial charge in [0.2, 0.25) is 5.95 Å². The van der Waals surface area contributed by atoms with Crippen LogP contribution in [0.5, 0.6) is 0 Å². The molecule has 1 unspecified atom stereocenters. The van der Waals surface area contributed by atoms with Gasteiger partial charge in [-0.3, -0.25) is 4.79 Å². The smallest absolute Gasteiger partial charge is 0.272 e. The van der Waals surface area contributed by atoms with Gasteiger partial charge in [0.05, 0.1) is 0 Å². The molecule has 3 rings (SSSR count). The maximum absolute atomic E-state index is 12.8. The lowest BCUT2D eigenvalue weighted by Crippen LogP contribution is -2.43. The van der Waals surface area contributed by atoms with E-state index in [-0.39, 0.29) is 5.91 Å². The Morgan fingerprint density at radius 1 is 1.29 bits per heavy atom. The van der Waals surface area contributed by atoms with Crippen LogP contribution in [0, 0.1) is 0 Å². The van der Waals surface area contributed by atoms with Crippen molar-refractivity contribution in [1.29, 1.82) is 0 Å². The third kappa shape index (κ3) is 3.85. The molecule has 5 nitrogen and oxygen atoms in total. The number of nitrogens with zero attached hydrogens (tertiary/aromatic N) is 3. The molecule has 1 fully saturated rings. The first-order valence-electron chi connectivity index (χ1n) is 8.34. The van der Waals surface area contributed by atoms with Crippen LogP contribution in [0.3, 0.4) is 0 Å². The van der Waals surface area contributed by atoms with Crippen molar-refractivity contribution < 1.29 is 4.79 Å². The fraction of sp³-hybridized carbons (Fsp3) is 0.389. The molecule has 1 N–H and O–H groups in total. The molecule has 1 atom stereocenters. The van der Waals surface area contributed by atoms with Gasteiger partial charge in [0, 0.05) is 29.5 Å². The van der Waals surface area contributed by atoms with Crippen LogP contribution in [0.1, 0.15) is 43.1 Å². The van der Waals surface area contributed by atoms with Crippen molar-refractivity contribution in [2.24, 2.45) is 0 Å². The molecule has 1 amide bonds. The first-order chi connectivity index (χ1) is 11.7. The van der Waals surface area contributed by atoms with Crippen LogP contribution in [0.25, 0.3) is 0 Å². The molecule has 1 aromatic heterocycles. The van der Waals surface area contributed by atoms with Crippen molar-refractivity contribution in [3.8, 4) is 0 Å². The van der Waals surface area contributed by atoms with E-state index in [0.717, 1.165) is 31.5 Å². The Kier molecular flexibility index (Phi) is 5.30. The van der Waals surface area contributed by atoms with E-state index in [1.165, 1.54) is 6.42 Å². The van der Waals surface area contributed by atoms with Crippen LogP contribution in [0.15, 0.2) is 36.5 Å². The summed E-state index contributed by atoms with van der Waals surface area (Å²) in [6, 6.07) is 9.26. The topological polar surface area (TPSA) is 58.1 Å². The highest BCUT2D eigenvalue weighted by molar-refractivity contribution is 6.30. The highest BCUT2D eigenvalue weighted by Gasteiger charge is 2.27. The zero-order valence-corrected chi connectivity index (χ0v) is 14.5. The number of hydrogen-bond donors (Lipinski definition) is 1. The average molecular weight is 345 g/mol. The molecule has 2 aromatic rings. The van der Waals surface area contributed by atoms with Crippen LogP contribution in [0.2, 0.25) is 5.02 Å². The van der Waals surface area contributed by atoms with Crippen molar-refractivity contribution >= 4 is 29.1 Å². The Labute approximate surface area is 147 Å². The molecule has 6 heteroatoms. The third-order valence-corrected chi connectivity index (χ3v) is 4.59. The number of benzene rings is 1. The monoisotopic (exact) mass is 344 g/mol. The molecule has 24 heavy (non-hydrogen) atoms. The maximum atomic E-state index is 12.8. The molecular formula is C18H21ClN4O. The van der Waals surface area contributed by atoms with Gasteiger partial charge in [-0.25, -0.2) is 9.97 Å². The van der Waals surface area contributed by atoms with Crippen LogP contribution in [0.4, 0.5) is 11.6 Å². The van der Waals surface area contributed by atoms with Crippen molar-refractivity contribution in [2.45, 2.75) is 38.6 Å². The van der Waals surface area contributed by atoms with Crippen molar-refractivity contribution in [3.63, 3.8) is 0 Å². The molecule has 0 aliphatic carbocycles. The first kappa shape index (κ1) is 16.7. The number of piperidine rings is 1. The zero-order chi connectivity index (χ0) is 16.9. The highest BCUT2D eigenvalue weighted by atomic mass is 35.5. The van der Waals surface area contributed by atoms with E-state index in [4.69, 9.17) is 11.6 Å². The van der Waals surface area contributed by atoms with Gasteiger partial charge in [-0.1, -0.05) is 18.5 Å². The van der Waals surface area contributed by atoms with Crippen molar-refractivity contribution in [1.82, 2.24) is 14.9 Å². The second-order valence-corrected chi connectivity index (χ2v) is 6.39. The van der Waals surface area contributed by atoms with Crippen LogP contribution in [-0.4, -0.2) is 33.4 Å². The summed E-state index contributed by atoms with van der Waals surface area (Å²) in [5.41, 5.74) is 1.26. The summed E-state index contributed by atoms with van der Waals surface area (Å²) in [6.07, 6.45) is 5.91. The SMILES string of the molecule is CCC1CCCCN1C(=O)c1ccnc(Nc2ccc(Cl)cc2)n1. The number of anilines is 2. The Morgan fingerprint density at radius 2 is 2.08 bits per heavy atom. The molecule has 1 aliphatic heterocycles. The molecule has 0 spiro atoms. The molecule has 0 radical (unpaired) electrons. The Bertz CT molecular complexity index is 704. The van der Waals surface area contributed by atoms with Gasteiger partial charge in [0.25, 0.3) is 5.91 Å². The van der Waals surface area contributed by atoms with E-state index in [2.05, 4.69) is 22.2 Å². The number of rotatable bonds is 4.